The molecular formula is C24H26F5N5O4. The first-order valence-corrected chi connectivity index (χ1v) is 12.4. The summed E-state index contributed by atoms with van der Waals surface area (Å²) in [5.74, 6) is -6.72. The van der Waals surface area contributed by atoms with Crippen LogP contribution in [0, 0.1) is 11.6 Å². The number of nitrogens with zero attached hydrogens (tertiary/aromatic N) is 5. The van der Waals surface area contributed by atoms with Gasteiger partial charge in [0, 0.05) is 31.2 Å². The Morgan fingerprint density at radius 1 is 1.13 bits per heavy atom. The van der Waals surface area contributed by atoms with E-state index >= 15 is 4.39 Å². The van der Waals surface area contributed by atoms with Crippen molar-refractivity contribution in [2.75, 3.05) is 26.3 Å². The smallest absolute Gasteiger partial charge is 0.419 e. The van der Waals surface area contributed by atoms with Gasteiger partial charge < -0.3 is 18.9 Å². The predicted octanol–water partition coefficient (Wildman–Crippen LogP) is 4.64. The lowest BCUT2D eigenvalue weighted by atomic mass is 9.94. The molecule has 2 aliphatic rings. The van der Waals surface area contributed by atoms with Crippen LogP contribution in [0.2, 0.25) is 0 Å². The van der Waals surface area contributed by atoms with Crippen molar-refractivity contribution in [3.8, 4) is 11.7 Å². The largest absolute Gasteiger partial charge is 0.491 e. The highest BCUT2D eigenvalue weighted by molar-refractivity contribution is 5.93. The summed E-state index contributed by atoms with van der Waals surface area (Å²) in [5, 5.41) is 7.87. The maximum absolute atomic E-state index is 15.1. The number of hydrogen-bond donors (Lipinski definition) is 0. The summed E-state index contributed by atoms with van der Waals surface area (Å²) >= 11 is 0. The van der Waals surface area contributed by atoms with Crippen molar-refractivity contribution < 1.29 is 40.7 Å². The number of piperidine rings is 1. The third kappa shape index (κ3) is 4.98. The molecule has 0 aliphatic carbocycles. The van der Waals surface area contributed by atoms with Crippen LogP contribution in [-0.2, 0) is 9.53 Å². The number of esters is 1. The number of rotatable bonds is 5. The zero-order valence-corrected chi connectivity index (χ0v) is 20.7. The van der Waals surface area contributed by atoms with Crippen LogP contribution in [0.5, 0.6) is 5.75 Å². The topological polar surface area (TPSA) is 95.5 Å². The number of ether oxygens (including phenoxy) is 2. The molecule has 9 nitrogen and oxygen atoms in total. The highest BCUT2D eigenvalue weighted by Crippen LogP contribution is 2.38. The molecule has 3 aromatic rings. The molecule has 206 valence electrons. The third-order valence-corrected chi connectivity index (χ3v) is 7.02. The number of alkyl halides is 3. The van der Waals surface area contributed by atoms with Gasteiger partial charge in [0.05, 0.1) is 11.1 Å². The quantitative estimate of drug-likeness (QED) is 0.261. The van der Waals surface area contributed by atoms with Gasteiger partial charge in [0.1, 0.15) is 11.3 Å². The van der Waals surface area contributed by atoms with Gasteiger partial charge in [-0.2, -0.15) is 27.9 Å². The van der Waals surface area contributed by atoms with Crippen molar-refractivity contribution in [1.82, 2.24) is 24.8 Å². The summed E-state index contributed by atoms with van der Waals surface area (Å²) in [7, 11) is 0. The molecule has 2 aliphatic heterocycles. The standard InChI is InChI=1S/C24H26F5N5O4/c1-12(2)19-17-16(37-22(35)24(27,28)29)11-15(25)18(26)20(17)34(31-19)23-30-21(38-32-23)13-3-7-33(8-4-13)14-5-9-36-10-6-14/h11-14H,3-10H2,1-2H3. The molecule has 0 spiro atoms. The van der Waals surface area contributed by atoms with E-state index in [1.165, 1.54) is 0 Å². The van der Waals surface area contributed by atoms with E-state index in [9.17, 15) is 22.4 Å². The summed E-state index contributed by atoms with van der Waals surface area (Å²) in [4.78, 5) is 18.3. The van der Waals surface area contributed by atoms with Crippen LogP contribution in [0.25, 0.3) is 16.9 Å². The van der Waals surface area contributed by atoms with Gasteiger partial charge in [-0.1, -0.05) is 13.8 Å². The van der Waals surface area contributed by atoms with Crippen molar-refractivity contribution in [2.24, 2.45) is 0 Å². The van der Waals surface area contributed by atoms with Gasteiger partial charge in [0.2, 0.25) is 5.89 Å². The van der Waals surface area contributed by atoms with Gasteiger partial charge in [-0.15, -0.1) is 0 Å². The van der Waals surface area contributed by atoms with Crippen molar-refractivity contribution >= 4 is 16.9 Å². The number of halogens is 5. The number of aromatic nitrogens is 4. The lowest BCUT2D eigenvalue weighted by Gasteiger charge is -2.38. The summed E-state index contributed by atoms with van der Waals surface area (Å²) in [5.41, 5.74) is -0.486. The highest BCUT2D eigenvalue weighted by atomic mass is 19.4. The summed E-state index contributed by atoms with van der Waals surface area (Å²) < 4.78 is 84.3. The van der Waals surface area contributed by atoms with Crippen LogP contribution >= 0.6 is 0 Å². The van der Waals surface area contributed by atoms with E-state index in [-0.39, 0.29) is 22.9 Å². The Labute approximate surface area is 213 Å². The molecule has 4 heterocycles. The number of likely N-dealkylation sites (tertiary alicyclic amines) is 1. The molecule has 0 saturated carbocycles. The molecule has 38 heavy (non-hydrogen) atoms. The monoisotopic (exact) mass is 543 g/mol. The van der Waals surface area contributed by atoms with Gasteiger partial charge >= 0.3 is 12.1 Å². The van der Waals surface area contributed by atoms with Crippen LogP contribution in [0.4, 0.5) is 22.0 Å². The Morgan fingerprint density at radius 2 is 1.82 bits per heavy atom. The molecular weight excluding hydrogens is 517 g/mol. The van der Waals surface area contributed by atoms with Gasteiger partial charge in [-0.25, -0.2) is 13.6 Å². The van der Waals surface area contributed by atoms with E-state index < -0.39 is 41.0 Å². The van der Waals surface area contributed by atoms with Crippen LogP contribution in [0.15, 0.2) is 10.6 Å². The second kappa shape index (κ2) is 10.2. The maximum Gasteiger partial charge on any atom is 0.491 e. The molecule has 0 radical (unpaired) electrons. The van der Waals surface area contributed by atoms with E-state index in [0.717, 1.165) is 56.7 Å². The number of carbonyl (C=O) groups is 1. The van der Waals surface area contributed by atoms with E-state index in [1.807, 2.05) is 0 Å². The molecule has 0 N–H and O–H groups in total. The second-order valence-electron chi connectivity index (χ2n) is 9.82. The lowest BCUT2D eigenvalue weighted by Crippen LogP contribution is -2.43. The normalized spacial score (nSPS) is 18.5. The first kappa shape index (κ1) is 26.5. The number of carbonyl (C=O) groups excluding carboxylic acids is 1. The van der Waals surface area contributed by atoms with Gasteiger partial charge in [0.25, 0.3) is 5.95 Å². The van der Waals surface area contributed by atoms with Gasteiger partial charge in [0.15, 0.2) is 11.6 Å². The number of hydrogen-bond acceptors (Lipinski definition) is 8. The highest BCUT2D eigenvalue weighted by Gasteiger charge is 2.42. The summed E-state index contributed by atoms with van der Waals surface area (Å²) in [6.07, 6.45) is -1.84. The number of benzene rings is 1. The molecule has 1 aromatic carbocycles. The molecule has 0 unspecified atom stereocenters. The van der Waals surface area contributed by atoms with Crippen molar-refractivity contribution in [2.45, 2.75) is 63.6 Å². The van der Waals surface area contributed by atoms with Crippen molar-refractivity contribution in [3.63, 3.8) is 0 Å². The van der Waals surface area contributed by atoms with E-state index in [2.05, 4.69) is 24.9 Å². The van der Waals surface area contributed by atoms with E-state index in [4.69, 9.17) is 9.26 Å². The Balaban J connectivity index is 1.46. The Kier molecular flexibility index (Phi) is 7.11. The molecule has 0 atom stereocenters. The minimum atomic E-state index is -5.34. The van der Waals surface area contributed by atoms with E-state index in [0.29, 0.717) is 18.0 Å². The van der Waals surface area contributed by atoms with Crippen LogP contribution < -0.4 is 4.74 Å². The SMILES string of the molecule is CC(C)c1nn(-c2noc(C3CCN(C4CCOCC4)CC3)n2)c2c(F)c(F)cc(OC(=O)C(F)(F)F)c12. The van der Waals surface area contributed by atoms with Crippen molar-refractivity contribution in [1.29, 1.82) is 0 Å². The van der Waals surface area contributed by atoms with Gasteiger partial charge in [-0.05, 0) is 49.8 Å². The molecule has 2 saturated heterocycles. The zero-order chi connectivity index (χ0) is 27.2. The average molecular weight is 543 g/mol. The van der Waals surface area contributed by atoms with Crippen molar-refractivity contribution in [3.05, 3.63) is 29.3 Å². The Bertz CT molecular complexity index is 1320. The van der Waals surface area contributed by atoms with Crippen LogP contribution in [0.1, 0.15) is 63.0 Å². The molecule has 2 aromatic heterocycles. The summed E-state index contributed by atoms with van der Waals surface area (Å²) in [6.45, 7) is 6.48. The first-order valence-electron chi connectivity index (χ1n) is 12.4. The zero-order valence-electron chi connectivity index (χ0n) is 20.7. The molecule has 0 bridgehead atoms. The molecule has 14 heteroatoms. The van der Waals surface area contributed by atoms with E-state index in [1.54, 1.807) is 13.8 Å². The Morgan fingerprint density at radius 3 is 2.45 bits per heavy atom. The average Bonchev–Trinajstić information content (AvgIpc) is 3.53. The predicted molar refractivity (Wildman–Crippen MR) is 122 cm³/mol. The molecule has 0 amide bonds. The minimum Gasteiger partial charge on any atom is -0.419 e. The fourth-order valence-electron chi connectivity index (χ4n) is 5.07. The fraction of sp³-hybridized carbons (Fsp3) is 0.583. The maximum atomic E-state index is 15.1. The van der Waals surface area contributed by atoms with Crippen LogP contribution in [-0.4, -0.2) is 69.3 Å². The fourth-order valence-corrected chi connectivity index (χ4v) is 5.07. The van der Waals surface area contributed by atoms with Crippen LogP contribution in [0.3, 0.4) is 0 Å². The Hall–Kier alpha value is -3.13. The lowest BCUT2D eigenvalue weighted by molar-refractivity contribution is -0.189. The number of fused-ring (bicyclic) bond motifs is 1. The second-order valence-corrected chi connectivity index (χ2v) is 9.82. The minimum absolute atomic E-state index is 0.0522. The summed E-state index contributed by atoms with van der Waals surface area (Å²) in [6, 6.07) is 0.874. The molecule has 5 rings (SSSR count). The third-order valence-electron chi connectivity index (χ3n) is 7.02. The first-order chi connectivity index (χ1) is 18.0. The molecule has 2 fully saturated rings. The van der Waals surface area contributed by atoms with Gasteiger partial charge in [-0.3, -0.25) is 0 Å².